The highest BCUT2D eigenvalue weighted by atomic mass is 32.2. The first-order valence-electron chi connectivity index (χ1n) is 14.4. The Morgan fingerprint density at radius 2 is 1.83 bits per heavy atom. The topological polar surface area (TPSA) is 132 Å². The molecule has 1 atom stereocenters. The number of amides is 1. The Morgan fingerprint density at radius 1 is 1.11 bits per heavy atom. The fourth-order valence-electron chi connectivity index (χ4n) is 5.53. The molecule has 3 heterocycles. The average molecular weight is 652 g/mol. The quantitative estimate of drug-likeness (QED) is 0.165. The summed E-state index contributed by atoms with van der Waals surface area (Å²) in [5, 5.41) is 0.0299. The van der Waals surface area contributed by atoms with E-state index in [1.165, 1.54) is 30.3 Å². The van der Waals surface area contributed by atoms with Crippen LogP contribution in [0, 0.1) is 18.6 Å². The van der Waals surface area contributed by atoms with Crippen LogP contribution in [0.4, 0.5) is 14.6 Å². The number of hydrogen-bond acceptors (Lipinski definition) is 9. The summed E-state index contributed by atoms with van der Waals surface area (Å²) in [6.45, 7) is 9.20. The van der Waals surface area contributed by atoms with E-state index >= 15 is 8.78 Å². The van der Waals surface area contributed by atoms with Gasteiger partial charge in [0.25, 0.3) is 0 Å². The van der Waals surface area contributed by atoms with E-state index in [-0.39, 0.29) is 71.2 Å². The van der Waals surface area contributed by atoms with Crippen molar-refractivity contribution in [2.45, 2.75) is 38.1 Å². The van der Waals surface area contributed by atoms with E-state index < -0.39 is 44.4 Å². The van der Waals surface area contributed by atoms with Crippen LogP contribution >= 0.6 is 0 Å². The van der Waals surface area contributed by atoms with E-state index in [2.05, 4.69) is 16.5 Å². The van der Waals surface area contributed by atoms with Gasteiger partial charge in [-0.3, -0.25) is 9.59 Å². The van der Waals surface area contributed by atoms with Gasteiger partial charge >= 0.3 is 11.7 Å². The lowest BCUT2D eigenvalue weighted by Crippen LogP contribution is -2.54. The fraction of sp³-hybridized carbons (Fsp3) is 0.281. The first-order valence-corrected chi connectivity index (χ1v) is 16.3. The highest BCUT2D eigenvalue weighted by molar-refractivity contribution is 7.90. The van der Waals surface area contributed by atoms with Gasteiger partial charge in [-0.05, 0) is 49.8 Å². The third kappa shape index (κ3) is 5.87. The van der Waals surface area contributed by atoms with Crippen molar-refractivity contribution in [3.05, 3.63) is 82.8 Å². The van der Waals surface area contributed by atoms with E-state index in [1.54, 1.807) is 36.6 Å². The van der Waals surface area contributed by atoms with Crippen LogP contribution in [-0.4, -0.2) is 71.7 Å². The van der Waals surface area contributed by atoms with Gasteiger partial charge in [-0.15, -0.1) is 0 Å². The number of anilines is 1. The van der Waals surface area contributed by atoms with Crippen molar-refractivity contribution in [3.8, 4) is 22.7 Å². The van der Waals surface area contributed by atoms with Gasteiger partial charge in [0.05, 0.1) is 21.5 Å². The Bertz CT molecular complexity index is 2080. The average Bonchev–Trinajstić information content (AvgIpc) is 3.00. The molecule has 46 heavy (non-hydrogen) atoms. The minimum atomic E-state index is -3.91. The molecule has 0 bridgehead atoms. The van der Waals surface area contributed by atoms with Crippen LogP contribution in [0.2, 0.25) is 0 Å². The van der Waals surface area contributed by atoms with E-state index in [4.69, 9.17) is 4.74 Å². The molecule has 0 aliphatic carbocycles. The van der Waals surface area contributed by atoms with Crippen molar-refractivity contribution in [2.75, 3.05) is 30.8 Å². The Balaban J connectivity index is 1.86. The highest BCUT2D eigenvalue weighted by Crippen LogP contribution is 2.37. The number of halogens is 2. The maximum atomic E-state index is 16.2. The number of nitrogens with zero attached hydrogens (tertiary/aromatic N) is 5. The molecule has 1 amide bonds. The number of sulfone groups is 1. The molecule has 2 aromatic carbocycles. The van der Waals surface area contributed by atoms with Gasteiger partial charge in [0.2, 0.25) is 5.91 Å². The zero-order chi connectivity index (χ0) is 33.5. The molecule has 1 saturated heterocycles. The predicted molar refractivity (Wildman–Crippen MR) is 168 cm³/mol. The van der Waals surface area contributed by atoms with Crippen molar-refractivity contribution in [2.24, 2.45) is 0 Å². The largest absolute Gasteiger partial charge is 0.426 e. The molecule has 240 valence electrons. The van der Waals surface area contributed by atoms with Gasteiger partial charge in [-0.1, -0.05) is 31.7 Å². The van der Waals surface area contributed by atoms with Crippen LogP contribution in [0.1, 0.15) is 25.8 Å². The Hall–Kier alpha value is -4.98. The van der Waals surface area contributed by atoms with Crippen LogP contribution in [0.15, 0.2) is 64.8 Å². The highest BCUT2D eigenvalue weighted by Gasteiger charge is 2.31. The van der Waals surface area contributed by atoms with E-state index in [1.807, 2.05) is 0 Å². The van der Waals surface area contributed by atoms with E-state index in [9.17, 15) is 22.8 Å². The van der Waals surface area contributed by atoms with Gasteiger partial charge in [0.15, 0.2) is 21.3 Å². The first kappa shape index (κ1) is 32.4. The number of para-hydroxylation sites is 1. The third-order valence-electron chi connectivity index (χ3n) is 7.74. The summed E-state index contributed by atoms with van der Waals surface area (Å²) in [6, 6.07) is 8.72. The molecule has 0 spiro atoms. The second-order valence-corrected chi connectivity index (χ2v) is 12.9. The summed E-state index contributed by atoms with van der Waals surface area (Å²) in [5.74, 6) is -3.16. The Labute approximate surface area is 263 Å². The number of ether oxygens (including phenoxy) is 1. The number of carbonyl (C=O) groups is 2. The molecular weight excluding hydrogens is 620 g/mol. The lowest BCUT2D eigenvalue weighted by Gasteiger charge is -2.40. The number of benzene rings is 2. The number of aryl methyl sites for hydroxylation is 1. The molecule has 0 radical (unpaired) electrons. The molecule has 1 aliphatic heterocycles. The lowest BCUT2D eigenvalue weighted by atomic mass is 10.1. The lowest BCUT2D eigenvalue weighted by molar-refractivity contribution is -0.134. The van der Waals surface area contributed by atoms with Crippen molar-refractivity contribution >= 4 is 38.6 Å². The number of aromatic nitrogens is 3. The van der Waals surface area contributed by atoms with E-state index in [0.717, 1.165) is 23.0 Å². The van der Waals surface area contributed by atoms with Crippen LogP contribution in [0.3, 0.4) is 0 Å². The summed E-state index contributed by atoms with van der Waals surface area (Å²) in [7, 11) is -3.91. The number of piperazine rings is 1. The zero-order valence-corrected chi connectivity index (χ0v) is 26.4. The summed E-state index contributed by atoms with van der Waals surface area (Å²) >= 11 is 0. The standard InChI is InChI=1S/C32H31F2N5O6S/c1-6-25(40)37-14-15-38(19(4)17-37)30-20-16-22(34)28(27-21(33)11-9-12-23(27)45-26(41)7-2)35-31(20)39(32(42)36-30)29-18(3)10-8-13-24(29)46(5,43)44/h6,8-13,16,19H,1,7,14-15,17H2,2-5H3/t19-/m0/s1. The van der Waals surface area contributed by atoms with Crippen LogP contribution in [0.25, 0.3) is 28.0 Å². The number of esters is 1. The van der Waals surface area contributed by atoms with Crippen molar-refractivity contribution < 1.29 is 31.5 Å². The van der Waals surface area contributed by atoms with Gasteiger partial charge in [0.1, 0.15) is 23.1 Å². The number of hydrogen-bond donors (Lipinski definition) is 0. The predicted octanol–water partition coefficient (Wildman–Crippen LogP) is 3.98. The Morgan fingerprint density at radius 3 is 2.48 bits per heavy atom. The summed E-state index contributed by atoms with van der Waals surface area (Å²) in [4.78, 5) is 50.3. The zero-order valence-electron chi connectivity index (χ0n) is 25.6. The molecular formula is C32H31F2N5O6S. The maximum Gasteiger partial charge on any atom is 0.355 e. The van der Waals surface area contributed by atoms with Crippen molar-refractivity contribution in [1.29, 1.82) is 0 Å². The number of fused-ring (bicyclic) bond motifs is 1. The third-order valence-corrected chi connectivity index (χ3v) is 8.86. The van der Waals surface area contributed by atoms with Gasteiger partial charge in [0, 0.05) is 38.4 Å². The number of pyridine rings is 1. The molecule has 11 nitrogen and oxygen atoms in total. The number of rotatable bonds is 7. The molecule has 5 rings (SSSR count). The second kappa shape index (κ2) is 12.4. The number of carbonyl (C=O) groups excluding carboxylic acids is 2. The van der Waals surface area contributed by atoms with Crippen LogP contribution in [0.5, 0.6) is 5.75 Å². The molecule has 0 unspecified atom stereocenters. The smallest absolute Gasteiger partial charge is 0.355 e. The second-order valence-electron chi connectivity index (χ2n) is 10.9. The van der Waals surface area contributed by atoms with Gasteiger partial charge < -0.3 is 14.5 Å². The minimum absolute atomic E-state index is 0.0299. The molecule has 2 aromatic heterocycles. The normalized spacial score (nSPS) is 15.2. The molecule has 0 saturated carbocycles. The van der Waals surface area contributed by atoms with Gasteiger partial charge in [-0.25, -0.2) is 31.5 Å². The first-order chi connectivity index (χ1) is 21.8. The van der Waals surface area contributed by atoms with E-state index in [0.29, 0.717) is 5.56 Å². The summed E-state index contributed by atoms with van der Waals surface area (Å²) < 4.78 is 63.6. The maximum absolute atomic E-state index is 16.2. The molecule has 1 fully saturated rings. The summed E-state index contributed by atoms with van der Waals surface area (Å²) in [5.41, 5.74) is -1.84. The molecule has 1 aliphatic rings. The summed E-state index contributed by atoms with van der Waals surface area (Å²) in [6.07, 6.45) is 2.15. The van der Waals surface area contributed by atoms with Crippen molar-refractivity contribution in [3.63, 3.8) is 0 Å². The van der Waals surface area contributed by atoms with Crippen molar-refractivity contribution in [1.82, 2.24) is 19.4 Å². The van der Waals surface area contributed by atoms with Crippen LogP contribution in [-0.2, 0) is 19.4 Å². The molecule has 0 N–H and O–H groups in total. The Kier molecular flexibility index (Phi) is 8.76. The SMILES string of the molecule is C=CC(=O)N1CCN(c2nc(=O)n(-c3c(C)cccc3S(C)(=O)=O)c3nc(-c4c(F)cccc4OC(=O)CC)c(F)cc23)[C@@H](C)C1. The molecule has 4 aromatic rings. The molecule has 14 heteroatoms. The minimum Gasteiger partial charge on any atom is -0.426 e. The fourth-order valence-corrected chi connectivity index (χ4v) is 6.46. The van der Waals surface area contributed by atoms with Gasteiger partial charge in [-0.2, -0.15) is 4.98 Å². The monoisotopic (exact) mass is 651 g/mol. The van der Waals surface area contributed by atoms with Crippen LogP contribution < -0.4 is 15.3 Å².